The molecule has 3 rings (SSSR count). The van der Waals surface area contributed by atoms with Crippen LogP contribution in [0.3, 0.4) is 0 Å². The SMILES string of the molecule is CCc1nc(C)c(C(=O)N2CCC(c3ncon3)CC2)o1. The minimum absolute atomic E-state index is 0.0775. The van der Waals surface area contributed by atoms with Crippen LogP contribution in [0.25, 0.3) is 0 Å². The summed E-state index contributed by atoms with van der Waals surface area (Å²) >= 11 is 0. The number of hydrogen-bond acceptors (Lipinski definition) is 6. The first-order chi connectivity index (χ1) is 10.2. The fourth-order valence-corrected chi connectivity index (χ4v) is 2.64. The van der Waals surface area contributed by atoms with Crippen molar-refractivity contribution in [3.8, 4) is 0 Å². The molecule has 1 aliphatic heterocycles. The lowest BCUT2D eigenvalue weighted by molar-refractivity contribution is 0.0675. The Bertz CT molecular complexity index is 612. The Kier molecular flexibility index (Phi) is 3.72. The number of hydrogen-bond donors (Lipinski definition) is 0. The number of oxazole rings is 1. The van der Waals surface area contributed by atoms with Crippen LogP contribution in [-0.2, 0) is 6.42 Å². The lowest BCUT2D eigenvalue weighted by atomic mass is 9.96. The van der Waals surface area contributed by atoms with Gasteiger partial charge in [-0.2, -0.15) is 4.98 Å². The maximum atomic E-state index is 12.5. The van der Waals surface area contributed by atoms with Gasteiger partial charge in [0.2, 0.25) is 12.2 Å². The molecule has 0 saturated carbocycles. The van der Waals surface area contributed by atoms with Crippen LogP contribution >= 0.6 is 0 Å². The second kappa shape index (κ2) is 5.67. The standard InChI is InChI=1S/C14H18N4O3/c1-3-11-16-9(2)12(21-11)14(19)18-6-4-10(5-7-18)13-15-8-20-17-13/h8,10H,3-7H2,1-2H3. The molecule has 2 aromatic rings. The minimum atomic E-state index is -0.0775. The third kappa shape index (κ3) is 2.68. The van der Waals surface area contributed by atoms with Crippen LogP contribution in [-0.4, -0.2) is 39.0 Å². The number of nitrogens with zero attached hydrogens (tertiary/aromatic N) is 4. The first kappa shape index (κ1) is 13.8. The van der Waals surface area contributed by atoms with Gasteiger partial charge in [-0.15, -0.1) is 0 Å². The molecule has 112 valence electrons. The van der Waals surface area contributed by atoms with Gasteiger partial charge in [-0.1, -0.05) is 12.1 Å². The number of aryl methyl sites for hydroxylation is 2. The second-order valence-corrected chi connectivity index (χ2v) is 5.23. The molecule has 1 aliphatic rings. The fraction of sp³-hybridized carbons (Fsp3) is 0.571. The second-order valence-electron chi connectivity index (χ2n) is 5.23. The monoisotopic (exact) mass is 290 g/mol. The molecule has 1 saturated heterocycles. The van der Waals surface area contributed by atoms with E-state index in [0.29, 0.717) is 36.9 Å². The Labute approximate surface area is 122 Å². The molecule has 0 bridgehead atoms. The van der Waals surface area contributed by atoms with Crippen LogP contribution in [0.2, 0.25) is 0 Å². The summed E-state index contributed by atoms with van der Waals surface area (Å²) in [5.74, 6) is 1.88. The molecule has 21 heavy (non-hydrogen) atoms. The first-order valence-corrected chi connectivity index (χ1v) is 7.21. The van der Waals surface area contributed by atoms with Gasteiger partial charge in [0.15, 0.2) is 11.7 Å². The molecule has 1 fully saturated rings. The van der Waals surface area contributed by atoms with E-state index in [9.17, 15) is 4.79 Å². The van der Waals surface area contributed by atoms with E-state index in [0.717, 1.165) is 18.7 Å². The van der Waals surface area contributed by atoms with E-state index in [4.69, 9.17) is 8.94 Å². The number of rotatable bonds is 3. The molecular weight excluding hydrogens is 272 g/mol. The van der Waals surface area contributed by atoms with Gasteiger partial charge >= 0.3 is 0 Å². The third-order valence-corrected chi connectivity index (χ3v) is 3.86. The minimum Gasteiger partial charge on any atom is -0.435 e. The average molecular weight is 290 g/mol. The Morgan fingerprint density at radius 1 is 1.43 bits per heavy atom. The normalized spacial score (nSPS) is 16.4. The maximum absolute atomic E-state index is 12.5. The van der Waals surface area contributed by atoms with Crippen LogP contribution in [0.4, 0.5) is 0 Å². The highest BCUT2D eigenvalue weighted by Gasteiger charge is 2.29. The van der Waals surface area contributed by atoms with Gasteiger partial charge in [0.05, 0.1) is 5.69 Å². The van der Waals surface area contributed by atoms with Crippen molar-refractivity contribution in [3.63, 3.8) is 0 Å². The van der Waals surface area contributed by atoms with Crippen molar-refractivity contribution in [2.45, 2.75) is 39.0 Å². The number of likely N-dealkylation sites (tertiary alicyclic amines) is 1. The van der Waals surface area contributed by atoms with Gasteiger partial charge in [0.25, 0.3) is 5.91 Å². The van der Waals surface area contributed by atoms with E-state index in [1.807, 2.05) is 18.7 Å². The molecule has 0 atom stereocenters. The summed E-state index contributed by atoms with van der Waals surface area (Å²) in [4.78, 5) is 22.6. The number of carbonyl (C=O) groups is 1. The van der Waals surface area contributed by atoms with Crippen molar-refractivity contribution in [2.24, 2.45) is 0 Å². The molecule has 0 aromatic carbocycles. The Morgan fingerprint density at radius 2 is 2.19 bits per heavy atom. The first-order valence-electron chi connectivity index (χ1n) is 7.21. The maximum Gasteiger partial charge on any atom is 0.291 e. The third-order valence-electron chi connectivity index (χ3n) is 3.86. The zero-order valence-corrected chi connectivity index (χ0v) is 12.2. The highest BCUT2D eigenvalue weighted by atomic mass is 16.5. The number of aromatic nitrogens is 3. The molecule has 0 aliphatic carbocycles. The zero-order chi connectivity index (χ0) is 14.8. The number of piperidine rings is 1. The largest absolute Gasteiger partial charge is 0.435 e. The molecule has 3 heterocycles. The molecule has 0 spiro atoms. The molecular formula is C14H18N4O3. The van der Waals surface area contributed by atoms with E-state index in [1.54, 1.807) is 0 Å². The summed E-state index contributed by atoms with van der Waals surface area (Å²) in [6.45, 7) is 5.09. The molecule has 7 nitrogen and oxygen atoms in total. The van der Waals surface area contributed by atoms with E-state index in [2.05, 4.69) is 15.1 Å². The predicted molar refractivity (Wildman–Crippen MR) is 72.8 cm³/mol. The van der Waals surface area contributed by atoms with Gasteiger partial charge < -0.3 is 13.8 Å². The highest BCUT2D eigenvalue weighted by molar-refractivity contribution is 5.92. The van der Waals surface area contributed by atoms with Crippen molar-refractivity contribution in [1.29, 1.82) is 0 Å². The van der Waals surface area contributed by atoms with E-state index in [-0.39, 0.29) is 11.8 Å². The van der Waals surface area contributed by atoms with Gasteiger partial charge in [-0.25, -0.2) is 4.98 Å². The van der Waals surface area contributed by atoms with Gasteiger partial charge in [0.1, 0.15) is 0 Å². The molecule has 1 amide bonds. The van der Waals surface area contributed by atoms with Crippen LogP contribution < -0.4 is 0 Å². The summed E-state index contributed by atoms with van der Waals surface area (Å²) in [7, 11) is 0. The van der Waals surface area contributed by atoms with Crippen LogP contribution in [0.1, 0.15) is 53.6 Å². The van der Waals surface area contributed by atoms with Gasteiger partial charge in [-0.3, -0.25) is 4.79 Å². The zero-order valence-electron chi connectivity index (χ0n) is 12.2. The van der Waals surface area contributed by atoms with Crippen molar-refractivity contribution in [2.75, 3.05) is 13.1 Å². The molecule has 0 radical (unpaired) electrons. The molecule has 7 heteroatoms. The Hall–Kier alpha value is -2.18. The topological polar surface area (TPSA) is 85.3 Å². The Balaban J connectivity index is 1.66. The summed E-state index contributed by atoms with van der Waals surface area (Å²) < 4.78 is 10.3. The van der Waals surface area contributed by atoms with Crippen molar-refractivity contribution >= 4 is 5.91 Å². The van der Waals surface area contributed by atoms with Gasteiger partial charge in [-0.05, 0) is 19.8 Å². The van der Waals surface area contributed by atoms with E-state index < -0.39 is 0 Å². The van der Waals surface area contributed by atoms with E-state index in [1.165, 1.54) is 6.39 Å². The predicted octanol–water partition coefficient (Wildman–Crippen LogP) is 1.95. The molecule has 0 unspecified atom stereocenters. The smallest absolute Gasteiger partial charge is 0.291 e. The Morgan fingerprint density at radius 3 is 2.76 bits per heavy atom. The number of carbonyl (C=O) groups excluding carboxylic acids is 1. The lowest BCUT2D eigenvalue weighted by Gasteiger charge is -2.30. The molecule has 0 N–H and O–H groups in total. The lowest BCUT2D eigenvalue weighted by Crippen LogP contribution is -2.38. The summed E-state index contributed by atoms with van der Waals surface area (Å²) in [6, 6.07) is 0. The highest BCUT2D eigenvalue weighted by Crippen LogP contribution is 2.26. The fourth-order valence-electron chi connectivity index (χ4n) is 2.64. The van der Waals surface area contributed by atoms with E-state index >= 15 is 0 Å². The van der Waals surface area contributed by atoms with Crippen molar-refractivity contribution in [1.82, 2.24) is 20.0 Å². The average Bonchev–Trinajstić information content (AvgIpc) is 3.16. The summed E-state index contributed by atoms with van der Waals surface area (Å²) in [5, 5.41) is 3.88. The summed E-state index contributed by atoms with van der Waals surface area (Å²) in [6.07, 6.45) is 3.70. The van der Waals surface area contributed by atoms with Crippen LogP contribution in [0, 0.1) is 6.92 Å². The molecule has 2 aromatic heterocycles. The van der Waals surface area contributed by atoms with Crippen LogP contribution in [0.15, 0.2) is 15.3 Å². The quantitative estimate of drug-likeness (QED) is 0.858. The van der Waals surface area contributed by atoms with Crippen molar-refractivity contribution < 1.29 is 13.7 Å². The van der Waals surface area contributed by atoms with Crippen LogP contribution in [0.5, 0.6) is 0 Å². The summed E-state index contributed by atoms with van der Waals surface area (Å²) in [5.41, 5.74) is 0.664. The number of amides is 1. The van der Waals surface area contributed by atoms with Crippen molar-refractivity contribution in [3.05, 3.63) is 29.6 Å². The van der Waals surface area contributed by atoms with Gasteiger partial charge in [0, 0.05) is 25.4 Å².